The third-order valence-electron chi connectivity index (χ3n) is 5.73. The van der Waals surface area contributed by atoms with Gasteiger partial charge in [-0.15, -0.1) is 0 Å². The smallest absolute Gasteiger partial charge is 0.243 e. The minimum absolute atomic E-state index is 0.0107. The van der Waals surface area contributed by atoms with Crippen LogP contribution in [0.2, 0.25) is 0 Å². The van der Waals surface area contributed by atoms with E-state index in [9.17, 15) is 9.59 Å². The van der Waals surface area contributed by atoms with Gasteiger partial charge in [-0.1, -0.05) is 6.07 Å². The molecule has 2 aliphatic rings. The lowest BCUT2D eigenvalue weighted by Crippen LogP contribution is -2.34. The van der Waals surface area contributed by atoms with Crippen molar-refractivity contribution in [1.29, 1.82) is 0 Å². The fourth-order valence-corrected chi connectivity index (χ4v) is 4.02. The maximum atomic E-state index is 12.6. The topological polar surface area (TPSA) is 86.3 Å². The normalized spacial score (nSPS) is 20.3. The van der Waals surface area contributed by atoms with Crippen molar-refractivity contribution in [3.8, 4) is 17.2 Å². The molecular formula is C24H28N2O6. The van der Waals surface area contributed by atoms with Crippen LogP contribution >= 0.6 is 0 Å². The number of carbonyl (C=O) groups is 2. The number of rotatable bonds is 8. The van der Waals surface area contributed by atoms with Crippen LogP contribution in [-0.4, -0.2) is 56.9 Å². The van der Waals surface area contributed by atoms with Gasteiger partial charge in [0.1, 0.15) is 5.75 Å². The van der Waals surface area contributed by atoms with Crippen LogP contribution in [0.15, 0.2) is 42.5 Å². The summed E-state index contributed by atoms with van der Waals surface area (Å²) in [5, 5.41) is 2.82. The fourth-order valence-electron chi connectivity index (χ4n) is 4.02. The molecule has 170 valence electrons. The number of methoxy groups -OCH3 is 2. The summed E-state index contributed by atoms with van der Waals surface area (Å²) >= 11 is 0. The minimum atomic E-state index is -0.275. The highest BCUT2D eigenvalue weighted by Crippen LogP contribution is 2.36. The van der Waals surface area contributed by atoms with Crippen LogP contribution in [0.1, 0.15) is 30.7 Å². The molecule has 2 amide bonds. The summed E-state index contributed by atoms with van der Waals surface area (Å²) in [5.74, 6) is 1.65. The molecule has 0 radical (unpaired) electrons. The van der Waals surface area contributed by atoms with Gasteiger partial charge in [-0.3, -0.25) is 9.59 Å². The van der Waals surface area contributed by atoms with Gasteiger partial charge >= 0.3 is 0 Å². The molecule has 2 atom stereocenters. The zero-order valence-electron chi connectivity index (χ0n) is 18.3. The monoisotopic (exact) mass is 440 g/mol. The molecule has 2 aromatic rings. The lowest BCUT2D eigenvalue weighted by Gasteiger charge is -2.19. The molecule has 0 spiro atoms. The van der Waals surface area contributed by atoms with Crippen molar-refractivity contribution in [2.45, 2.75) is 31.5 Å². The molecule has 1 N–H and O–H groups in total. The average molecular weight is 440 g/mol. The highest BCUT2D eigenvalue weighted by atomic mass is 16.7. The summed E-state index contributed by atoms with van der Waals surface area (Å²) in [6, 6.07) is 12.8. The van der Waals surface area contributed by atoms with Gasteiger partial charge in [-0.25, -0.2) is 0 Å². The average Bonchev–Trinajstić information content (AvgIpc) is 3.44. The number of nitrogens with one attached hydrogen (secondary N) is 1. The van der Waals surface area contributed by atoms with Crippen LogP contribution in [0.3, 0.4) is 0 Å². The van der Waals surface area contributed by atoms with Gasteiger partial charge in [0.2, 0.25) is 11.8 Å². The molecule has 0 bridgehead atoms. The number of likely N-dealkylation sites (tertiary alicyclic amines) is 1. The van der Waals surface area contributed by atoms with Gasteiger partial charge in [-0.05, 0) is 48.4 Å². The number of hydrogen-bond donors (Lipinski definition) is 1. The molecule has 8 nitrogen and oxygen atoms in total. The molecule has 2 heterocycles. The van der Waals surface area contributed by atoms with Crippen LogP contribution in [-0.2, 0) is 14.3 Å². The van der Waals surface area contributed by atoms with Crippen molar-refractivity contribution < 1.29 is 28.5 Å². The van der Waals surface area contributed by atoms with Crippen LogP contribution in [0.5, 0.6) is 17.2 Å². The highest BCUT2D eigenvalue weighted by molar-refractivity contribution is 5.95. The van der Waals surface area contributed by atoms with Crippen molar-refractivity contribution in [2.24, 2.45) is 0 Å². The van der Waals surface area contributed by atoms with Crippen molar-refractivity contribution in [1.82, 2.24) is 4.90 Å². The molecule has 0 aliphatic carbocycles. The number of ether oxygens (including phenoxy) is 4. The summed E-state index contributed by atoms with van der Waals surface area (Å²) < 4.78 is 22.1. The molecule has 4 rings (SSSR count). The predicted octanol–water partition coefficient (Wildman–Crippen LogP) is 3.17. The van der Waals surface area contributed by atoms with Crippen molar-refractivity contribution in [2.75, 3.05) is 39.2 Å². The second kappa shape index (κ2) is 9.91. The lowest BCUT2D eigenvalue weighted by atomic mass is 9.98. The number of benzene rings is 2. The molecule has 0 aromatic heterocycles. The van der Waals surface area contributed by atoms with E-state index in [4.69, 9.17) is 18.9 Å². The first kappa shape index (κ1) is 22.0. The van der Waals surface area contributed by atoms with Gasteiger partial charge in [0.05, 0.1) is 27.4 Å². The zero-order chi connectivity index (χ0) is 22.5. The van der Waals surface area contributed by atoms with E-state index in [1.807, 2.05) is 18.2 Å². The maximum Gasteiger partial charge on any atom is 0.243 e. The molecule has 8 heteroatoms. The third kappa shape index (κ3) is 5.13. The Kier molecular flexibility index (Phi) is 6.80. The van der Waals surface area contributed by atoms with Gasteiger partial charge in [-0.2, -0.15) is 0 Å². The Balaban J connectivity index is 1.38. The van der Waals surface area contributed by atoms with E-state index in [2.05, 4.69) is 5.32 Å². The second-order valence-corrected chi connectivity index (χ2v) is 7.92. The first-order valence-electron chi connectivity index (χ1n) is 10.7. The van der Waals surface area contributed by atoms with E-state index >= 15 is 0 Å². The van der Waals surface area contributed by atoms with Gasteiger partial charge in [0, 0.05) is 31.0 Å². The summed E-state index contributed by atoms with van der Waals surface area (Å²) in [5.41, 5.74) is 1.63. The number of hydrogen-bond acceptors (Lipinski definition) is 6. The highest BCUT2D eigenvalue weighted by Gasteiger charge is 2.32. The molecule has 32 heavy (non-hydrogen) atoms. The van der Waals surface area contributed by atoms with Gasteiger partial charge in [0.15, 0.2) is 17.8 Å². The van der Waals surface area contributed by atoms with E-state index in [-0.39, 0.29) is 30.6 Å². The number of anilines is 1. The van der Waals surface area contributed by atoms with E-state index < -0.39 is 0 Å². The lowest BCUT2D eigenvalue weighted by molar-refractivity contribution is -0.131. The first-order chi connectivity index (χ1) is 15.6. The molecule has 1 unspecified atom stereocenters. The maximum absolute atomic E-state index is 12.6. The summed E-state index contributed by atoms with van der Waals surface area (Å²) in [4.78, 5) is 26.6. The van der Waals surface area contributed by atoms with Gasteiger partial charge < -0.3 is 29.2 Å². The number of amides is 2. The van der Waals surface area contributed by atoms with Crippen LogP contribution in [0.4, 0.5) is 5.69 Å². The van der Waals surface area contributed by atoms with Crippen molar-refractivity contribution in [3.05, 3.63) is 48.0 Å². The van der Waals surface area contributed by atoms with Crippen molar-refractivity contribution in [3.63, 3.8) is 0 Å². The molecule has 2 saturated heterocycles. The summed E-state index contributed by atoms with van der Waals surface area (Å²) in [7, 11) is 3.18. The molecule has 2 fully saturated rings. The Morgan fingerprint density at radius 2 is 1.94 bits per heavy atom. The second-order valence-electron chi connectivity index (χ2n) is 7.92. The van der Waals surface area contributed by atoms with E-state index in [1.54, 1.807) is 43.4 Å². The predicted molar refractivity (Wildman–Crippen MR) is 118 cm³/mol. The van der Waals surface area contributed by atoms with E-state index in [0.717, 1.165) is 18.4 Å². The Morgan fingerprint density at radius 3 is 2.62 bits per heavy atom. The SMILES string of the molecule is COc1ccc(NC(=O)CN2C[C@H](c3ccc(OC)c(OC4CCCO4)c3)CC2=O)cc1. The van der Waals surface area contributed by atoms with E-state index in [1.165, 1.54) is 0 Å². The third-order valence-corrected chi connectivity index (χ3v) is 5.73. The molecule has 0 saturated carbocycles. The Labute approximate surface area is 187 Å². The first-order valence-corrected chi connectivity index (χ1v) is 10.7. The largest absolute Gasteiger partial charge is 0.497 e. The number of nitrogens with zero attached hydrogens (tertiary/aromatic N) is 1. The summed E-state index contributed by atoms with van der Waals surface area (Å²) in [6.07, 6.45) is 1.88. The van der Waals surface area contributed by atoms with Gasteiger partial charge in [0.25, 0.3) is 0 Å². The Bertz CT molecular complexity index is 955. The van der Waals surface area contributed by atoms with E-state index in [0.29, 0.717) is 42.5 Å². The Hall–Kier alpha value is -3.26. The molecule has 2 aromatic carbocycles. The molecule has 2 aliphatic heterocycles. The quantitative estimate of drug-likeness (QED) is 0.679. The van der Waals surface area contributed by atoms with Crippen LogP contribution in [0, 0.1) is 0 Å². The van der Waals surface area contributed by atoms with Crippen LogP contribution < -0.4 is 19.5 Å². The number of carbonyl (C=O) groups excluding carboxylic acids is 2. The molecular weight excluding hydrogens is 412 g/mol. The van der Waals surface area contributed by atoms with Crippen LogP contribution in [0.25, 0.3) is 0 Å². The minimum Gasteiger partial charge on any atom is -0.497 e. The summed E-state index contributed by atoms with van der Waals surface area (Å²) in [6.45, 7) is 1.18. The standard InChI is InChI=1S/C24H28N2O6/c1-29-19-8-6-18(7-9-19)25-22(27)15-26-14-17(13-23(26)28)16-5-10-20(30-2)21(12-16)32-24-4-3-11-31-24/h5-10,12,17,24H,3-4,11,13-15H2,1-2H3,(H,25,27)/t17-,24?/m1/s1. The fraction of sp³-hybridized carbons (Fsp3) is 0.417. The van der Waals surface area contributed by atoms with Crippen molar-refractivity contribution >= 4 is 17.5 Å². The zero-order valence-corrected chi connectivity index (χ0v) is 18.3. The Morgan fingerprint density at radius 1 is 1.12 bits per heavy atom.